The lowest BCUT2D eigenvalue weighted by Crippen LogP contribution is -2.53. The van der Waals surface area contributed by atoms with Gasteiger partial charge in [-0.1, -0.05) is 13.3 Å². The molecule has 0 bridgehead atoms. The Balaban J connectivity index is 1.87. The van der Waals surface area contributed by atoms with E-state index in [1.807, 2.05) is 11.8 Å². The molecule has 2 rings (SSSR count). The normalized spacial score (nSPS) is 29.9. The van der Waals surface area contributed by atoms with E-state index in [9.17, 15) is 9.90 Å². The third-order valence-electron chi connectivity index (χ3n) is 4.81. The summed E-state index contributed by atoms with van der Waals surface area (Å²) in [5, 5.41) is 13.7. The van der Waals surface area contributed by atoms with Gasteiger partial charge in [0.1, 0.15) is 0 Å². The minimum atomic E-state index is -0.282. The molecule has 2 fully saturated rings. The smallest absolute Gasteiger partial charge is 0.219 e. The lowest BCUT2D eigenvalue weighted by molar-refractivity contribution is -0.132. The van der Waals surface area contributed by atoms with Gasteiger partial charge < -0.3 is 15.3 Å². The van der Waals surface area contributed by atoms with E-state index in [-0.39, 0.29) is 17.9 Å². The molecule has 0 radical (unpaired) electrons. The van der Waals surface area contributed by atoms with Crippen molar-refractivity contribution in [1.82, 2.24) is 10.2 Å². The van der Waals surface area contributed by atoms with Crippen LogP contribution in [0.1, 0.15) is 46.0 Å². The highest BCUT2D eigenvalue weighted by molar-refractivity contribution is 5.73. The van der Waals surface area contributed by atoms with Crippen molar-refractivity contribution in [3.8, 4) is 0 Å². The highest BCUT2D eigenvalue weighted by Gasteiger charge is 2.32. The Morgan fingerprint density at radius 3 is 2.68 bits per heavy atom. The van der Waals surface area contributed by atoms with Crippen molar-refractivity contribution in [2.75, 3.05) is 19.6 Å². The number of nitrogens with one attached hydrogen (secondary N) is 1. The zero-order valence-corrected chi connectivity index (χ0v) is 12.3. The number of nitrogens with zero attached hydrogens (tertiary/aromatic N) is 1. The van der Waals surface area contributed by atoms with Gasteiger partial charge >= 0.3 is 0 Å². The highest BCUT2D eigenvalue weighted by Crippen LogP contribution is 2.27. The molecule has 110 valence electrons. The second kappa shape index (κ2) is 6.71. The van der Waals surface area contributed by atoms with Gasteiger partial charge in [0.2, 0.25) is 5.91 Å². The van der Waals surface area contributed by atoms with Crippen molar-refractivity contribution in [2.45, 2.75) is 58.1 Å². The van der Waals surface area contributed by atoms with Crippen molar-refractivity contribution in [2.24, 2.45) is 11.8 Å². The number of hydrogen-bond acceptors (Lipinski definition) is 3. The first-order valence-corrected chi connectivity index (χ1v) is 7.77. The number of aliphatic hydroxyl groups is 1. The van der Waals surface area contributed by atoms with Crippen LogP contribution in [0.15, 0.2) is 0 Å². The van der Waals surface area contributed by atoms with Crippen molar-refractivity contribution in [1.29, 1.82) is 0 Å². The molecule has 0 spiro atoms. The molecule has 1 heterocycles. The average molecular weight is 268 g/mol. The third kappa shape index (κ3) is 3.93. The molecular formula is C15H28N2O2. The molecule has 4 nitrogen and oxygen atoms in total. The molecule has 3 atom stereocenters. The topological polar surface area (TPSA) is 52.6 Å². The van der Waals surface area contributed by atoms with Gasteiger partial charge in [-0.3, -0.25) is 4.79 Å². The van der Waals surface area contributed by atoms with Crippen LogP contribution in [0.2, 0.25) is 0 Å². The number of likely N-dealkylation sites (tertiary alicyclic amines) is 1. The van der Waals surface area contributed by atoms with Crippen molar-refractivity contribution in [3.05, 3.63) is 0 Å². The van der Waals surface area contributed by atoms with E-state index >= 15 is 0 Å². The number of carbonyl (C=O) groups excluding carboxylic acids is 1. The number of piperidine rings is 1. The van der Waals surface area contributed by atoms with E-state index in [1.54, 1.807) is 6.92 Å². The van der Waals surface area contributed by atoms with Gasteiger partial charge in [0, 0.05) is 32.0 Å². The Hall–Kier alpha value is -0.610. The summed E-state index contributed by atoms with van der Waals surface area (Å²) in [6.07, 6.45) is 5.54. The summed E-state index contributed by atoms with van der Waals surface area (Å²) < 4.78 is 0. The van der Waals surface area contributed by atoms with E-state index in [2.05, 4.69) is 5.32 Å². The van der Waals surface area contributed by atoms with E-state index in [4.69, 9.17) is 0 Å². The van der Waals surface area contributed by atoms with Crippen LogP contribution in [-0.4, -0.2) is 47.7 Å². The second-order valence-corrected chi connectivity index (χ2v) is 6.30. The summed E-state index contributed by atoms with van der Waals surface area (Å²) in [5.41, 5.74) is 0. The lowest BCUT2D eigenvalue weighted by Gasteiger charge is -2.40. The Kier molecular flexibility index (Phi) is 5.22. The van der Waals surface area contributed by atoms with Gasteiger partial charge in [-0.05, 0) is 38.1 Å². The zero-order chi connectivity index (χ0) is 13.8. The van der Waals surface area contributed by atoms with Crippen LogP contribution < -0.4 is 5.32 Å². The van der Waals surface area contributed by atoms with Gasteiger partial charge in [0.25, 0.3) is 0 Å². The molecule has 4 heteroatoms. The Bertz CT molecular complexity index is 305. The van der Waals surface area contributed by atoms with Crippen LogP contribution in [0.25, 0.3) is 0 Å². The molecule has 0 aromatic heterocycles. The fourth-order valence-corrected chi connectivity index (χ4v) is 3.19. The zero-order valence-electron chi connectivity index (χ0n) is 12.3. The first-order chi connectivity index (χ1) is 9.10. The molecular weight excluding hydrogens is 240 g/mol. The maximum Gasteiger partial charge on any atom is 0.219 e. The summed E-state index contributed by atoms with van der Waals surface area (Å²) >= 11 is 0. The Labute approximate surface area is 116 Å². The highest BCUT2D eigenvalue weighted by atomic mass is 16.3. The van der Waals surface area contributed by atoms with Gasteiger partial charge in [-0.25, -0.2) is 0 Å². The van der Waals surface area contributed by atoms with Crippen molar-refractivity contribution < 1.29 is 9.90 Å². The molecule has 1 aliphatic carbocycles. The number of aliphatic hydroxyl groups excluding tert-OH is 1. The summed E-state index contributed by atoms with van der Waals surface area (Å²) in [5.74, 6) is 1.19. The number of amides is 1. The summed E-state index contributed by atoms with van der Waals surface area (Å²) in [6.45, 7) is 6.23. The molecule has 19 heavy (non-hydrogen) atoms. The fourth-order valence-electron chi connectivity index (χ4n) is 3.19. The lowest BCUT2D eigenvalue weighted by atomic mass is 9.84. The van der Waals surface area contributed by atoms with Crippen LogP contribution >= 0.6 is 0 Å². The third-order valence-corrected chi connectivity index (χ3v) is 4.81. The van der Waals surface area contributed by atoms with Gasteiger partial charge in [-0.15, -0.1) is 0 Å². The molecule has 0 aromatic rings. The number of carbonyl (C=O) groups is 1. The summed E-state index contributed by atoms with van der Waals surface area (Å²) in [4.78, 5) is 13.5. The molecule has 1 amide bonds. The quantitative estimate of drug-likeness (QED) is 0.792. The van der Waals surface area contributed by atoms with Gasteiger partial charge in [-0.2, -0.15) is 0 Å². The monoisotopic (exact) mass is 268 g/mol. The Morgan fingerprint density at radius 2 is 2.16 bits per heavy atom. The minimum absolute atomic E-state index is 0.128. The number of rotatable bonds is 5. The predicted molar refractivity (Wildman–Crippen MR) is 75.8 cm³/mol. The van der Waals surface area contributed by atoms with Crippen molar-refractivity contribution in [3.63, 3.8) is 0 Å². The van der Waals surface area contributed by atoms with Crippen LogP contribution in [-0.2, 0) is 4.79 Å². The first kappa shape index (κ1) is 14.8. The van der Waals surface area contributed by atoms with Crippen LogP contribution in [0.5, 0.6) is 0 Å². The van der Waals surface area contributed by atoms with Crippen LogP contribution in [0.3, 0.4) is 0 Å². The molecule has 2 aliphatic rings. The summed E-state index contributed by atoms with van der Waals surface area (Å²) in [6, 6.07) is 0.351. The fraction of sp³-hybridized carbons (Fsp3) is 0.933. The maximum atomic E-state index is 11.6. The van der Waals surface area contributed by atoms with E-state index in [0.29, 0.717) is 12.6 Å². The summed E-state index contributed by atoms with van der Waals surface area (Å²) in [7, 11) is 0. The predicted octanol–water partition coefficient (Wildman–Crippen LogP) is 1.38. The van der Waals surface area contributed by atoms with E-state index in [1.165, 1.54) is 19.3 Å². The maximum absolute atomic E-state index is 11.6. The Morgan fingerprint density at radius 1 is 1.42 bits per heavy atom. The molecule has 1 saturated carbocycles. The van der Waals surface area contributed by atoms with Gasteiger partial charge in [0.15, 0.2) is 0 Å². The largest absolute Gasteiger partial charge is 0.393 e. The van der Waals surface area contributed by atoms with E-state index < -0.39 is 0 Å². The van der Waals surface area contributed by atoms with E-state index in [0.717, 1.165) is 31.8 Å². The SMILES string of the molecule is CCC(O)C1CC(NCC2CCC2)CN(C(C)=O)C1. The van der Waals surface area contributed by atoms with Crippen LogP contribution in [0, 0.1) is 11.8 Å². The molecule has 1 aliphatic heterocycles. The average Bonchev–Trinajstić information content (AvgIpc) is 2.35. The molecule has 1 saturated heterocycles. The first-order valence-electron chi connectivity index (χ1n) is 7.77. The van der Waals surface area contributed by atoms with Crippen molar-refractivity contribution >= 4 is 5.91 Å². The number of hydrogen-bond donors (Lipinski definition) is 2. The molecule has 2 N–H and O–H groups in total. The standard InChI is InChI=1S/C15H28N2O2/c1-3-15(19)13-7-14(10-17(9-13)11(2)18)16-8-12-5-4-6-12/h12-16,19H,3-10H2,1-2H3. The second-order valence-electron chi connectivity index (χ2n) is 6.30. The minimum Gasteiger partial charge on any atom is -0.393 e. The molecule has 0 aromatic carbocycles. The van der Waals surface area contributed by atoms with Crippen LogP contribution in [0.4, 0.5) is 0 Å². The van der Waals surface area contributed by atoms with Gasteiger partial charge in [0.05, 0.1) is 6.10 Å². The molecule has 3 unspecified atom stereocenters.